The van der Waals surface area contributed by atoms with Gasteiger partial charge in [0.05, 0.1) is 18.2 Å². The van der Waals surface area contributed by atoms with Crippen molar-refractivity contribution in [3.05, 3.63) is 41.6 Å². The van der Waals surface area contributed by atoms with Crippen molar-refractivity contribution >= 4 is 10.9 Å². The van der Waals surface area contributed by atoms with Crippen LogP contribution < -0.4 is 5.32 Å². The fourth-order valence-electron chi connectivity index (χ4n) is 1.98. The molecule has 2 N–H and O–H groups in total. The number of aromatic nitrogens is 1. The molecule has 0 spiro atoms. The van der Waals surface area contributed by atoms with E-state index < -0.39 is 6.10 Å². The Morgan fingerprint density at radius 2 is 2.16 bits per heavy atom. The predicted octanol–water partition coefficient (Wildman–Crippen LogP) is 1.81. The molecule has 0 amide bonds. The van der Waals surface area contributed by atoms with Crippen LogP contribution in [0.3, 0.4) is 0 Å². The first-order valence-electron chi connectivity index (χ1n) is 6.46. The van der Waals surface area contributed by atoms with E-state index in [0.29, 0.717) is 13.2 Å². The van der Waals surface area contributed by atoms with Crippen LogP contribution in [0.5, 0.6) is 0 Å². The van der Waals surface area contributed by atoms with Crippen molar-refractivity contribution in [3.8, 4) is 0 Å². The van der Waals surface area contributed by atoms with Gasteiger partial charge in [0.2, 0.25) is 0 Å². The van der Waals surface area contributed by atoms with E-state index in [4.69, 9.17) is 4.74 Å². The maximum Gasteiger partial charge on any atom is 0.0914 e. The van der Waals surface area contributed by atoms with Gasteiger partial charge in [-0.3, -0.25) is 4.98 Å². The number of nitrogens with zero attached hydrogens (tertiary/aromatic N) is 1. The zero-order valence-corrected chi connectivity index (χ0v) is 11.4. The highest BCUT2D eigenvalue weighted by Gasteiger charge is 2.08. The van der Waals surface area contributed by atoms with Crippen LogP contribution in [-0.2, 0) is 4.74 Å². The lowest BCUT2D eigenvalue weighted by molar-refractivity contribution is 0.161. The third kappa shape index (κ3) is 3.73. The molecule has 102 valence electrons. The Kier molecular flexibility index (Phi) is 4.85. The summed E-state index contributed by atoms with van der Waals surface area (Å²) in [5.74, 6) is 0. The molecule has 0 aliphatic carbocycles. The Balaban J connectivity index is 2.05. The van der Waals surface area contributed by atoms with Crippen molar-refractivity contribution in [2.45, 2.75) is 13.0 Å². The number of methoxy groups -OCH3 is 1. The molecule has 0 saturated carbocycles. The summed E-state index contributed by atoms with van der Waals surface area (Å²) < 4.78 is 4.95. The Labute approximate surface area is 113 Å². The quantitative estimate of drug-likeness (QED) is 0.778. The second kappa shape index (κ2) is 6.61. The Morgan fingerprint density at radius 3 is 2.95 bits per heavy atom. The topological polar surface area (TPSA) is 54.4 Å². The summed E-state index contributed by atoms with van der Waals surface area (Å²) in [7, 11) is 1.66. The van der Waals surface area contributed by atoms with Gasteiger partial charge in [-0.1, -0.05) is 12.1 Å². The van der Waals surface area contributed by atoms with Crippen LogP contribution in [0.15, 0.2) is 30.3 Å². The molecule has 0 bridgehead atoms. The molecule has 0 fully saturated rings. The number of pyridine rings is 1. The molecule has 0 aliphatic heterocycles. The molecule has 0 radical (unpaired) electrons. The summed E-state index contributed by atoms with van der Waals surface area (Å²) in [5.41, 5.74) is 2.87. The van der Waals surface area contributed by atoms with Crippen LogP contribution in [0.25, 0.3) is 10.9 Å². The first kappa shape index (κ1) is 13.9. The molecule has 1 atom stereocenters. The van der Waals surface area contributed by atoms with Gasteiger partial charge in [0.1, 0.15) is 0 Å². The minimum Gasteiger partial charge on any atom is -0.387 e. The van der Waals surface area contributed by atoms with Gasteiger partial charge in [-0.25, -0.2) is 0 Å². The van der Waals surface area contributed by atoms with Crippen molar-refractivity contribution in [1.82, 2.24) is 10.3 Å². The highest BCUT2D eigenvalue weighted by atomic mass is 16.5. The molecule has 1 aromatic carbocycles. The van der Waals surface area contributed by atoms with Crippen LogP contribution in [-0.4, -0.2) is 36.9 Å². The molecule has 19 heavy (non-hydrogen) atoms. The first-order valence-corrected chi connectivity index (χ1v) is 6.46. The molecule has 1 aromatic heterocycles. The molecule has 4 nitrogen and oxygen atoms in total. The second-order valence-electron chi connectivity index (χ2n) is 4.62. The number of nitrogens with one attached hydrogen (secondary N) is 1. The van der Waals surface area contributed by atoms with E-state index in [0.717, 1.165) is 28.7 Å². The lowest BCUT2D eigenvalue weighted by atomic mass is 10.1. The number of aliphatic hydroxyl groups is 1. The van der Waals surface area contributed by atoms with Crippen molar-refractivity contribution < 1.29 is 9.84 Å². The van der Waals surface area contributed by atoms with E-state index in [2.05, 4.69) is 10.3 Å². The van der Waals surface area contributed by atoms with Gasteiger partial charge < -0.3 is 15.2 Å². The highest BCUT2D eigenvalue weighted by molar-refractivity contribution is 5.79. The molecule has 2 aromatic rings. The Hall–Kier alpha value is -1.49. The summed E-state index contributed by atoms with van der Waals surface area (Å²) in [6.45, 7) is 3.88. The molecular weight excluding hydrogens is 240 g/mol. The fourth-order valence-corrected chi connectivity index (χ4v) is 1.98. The van der Waals surface area contributed by atoms with Crippen LogP contribution in [0.2, 0.25) is 0 Å². The van der Waals surface area contributed by atoms with Crippen molar-refractivity contribution in [2.75, 3.05) is 26.8 Å². The summed E-state index contributed by atoms with van der Waals surface area (Å²) in [6.07, 6.45) is -0.512. The molecule has 0 aliphatic rings. The van der Waals surface area contributed by atoms with Gasteiger partial charge in [0.15, 0.2) is 0 Å². The van der Waals surface area contributed by atoms with Gasteiger partial charge >= 0.3 is 0 Å². The minimum atomic E-state index is -0.512. The van der Waals surface area contributed by atoms with Crippen LogP contribution in [0, 0.1) is 6.92 Å². The van der Waals surface area contributed by atoms with Gasteiger partial charge in [-0.2, -0.15) is 0 Å². The number of benzene rings is 1. The molecular formula is C15H20N2O2. The predicted molar refractivity (Wildman–Crippen MR) is 76.2 cm³/mol. The number of rotatable bonds is 6. The Bertz CT molecular complexity index is 543. The van der Waals surface area contributed by atoms with E-state index >= 15 is 0 Å². The molecule has 1 heterocycles. The van der Waals surface area contributed by atoms with Crippen molar-refractivity contribution in [1.29, 1.82) is 0 Å². The first-order chi connectivity index (χ1) is 9.20. The average molecular weight is 260 g/mol. The lowest BCUT2D eigenvalue weighted by Crippen LogP contribution is -2.24. The van der Waals surface area contributed by atoms with E-state index in [1.54, 1.807) is 7.11 Å². The molecule has 2 rings (SSSR count). The molecule has 0 saturated heterocycles. The van der Waals surface area contributed by atoms with Crippen molar-refractivity contribution in [2.24, 2.45) is 0 Å². The Morgan fingerprint density at radius 1 is 1.32 bits per heavy atom. The third-order valence-electron chi connectivity index (χ3n) is 3.06. The number of aliphatic hydroxyl groups excluding tert-OH is 1. The SMILES string of the molecule is COCCNCC(O)c1ccc2nc(C)ccc2c1. The average Bonchev–Trinajstić information content (AvgIpc) is 2.42. The smallest absolute Gasteiger partial charge is 0.0914 e. The van der Waals surface area contributed by atoms with E-state index in [1.165, 1.54) is 0 Å². The third-order valence-corrected chi connectivity index (χ3v) is 3.06. The lowest BCUT2D eigenvalue weighted by Gasteiger charge is -2.12. The van der Waals surface area contributed by atoms with Crippen LogP contribution >= 0.6 is 0 Å². The molecule has 1 unspecified atom stereocenters. The second-order valence-corrected chi connectivity index (χ2v) is 4.62. The zero-order valence-electron chi connectivity index (χ0n) is 11.4. The summed E-state index contributed by atoms with van der Waals surface area (Å²) in [5, 5.41) is 14.3. The van der Waals surface area contributed by atoms with Gasteiger partial charge in [-0.15, -0.1) is 0 Å². The van der Waals surface area contributed by atoms with E-state index in [9.17, 15) is 5.11 Å². The number of hydrogen-bond donors (Lipinski definition) is 2. The van der Waals surface area contributed by atoms with Crippen LogP contribution in [0.1, 0.15) is 17.4 Å². The van der Waals surface area contributed by atoms with Crippen molar-refractivity contribution in [3.63, 3.8) is 0 Å². The standard InChI is InChI=1S/C15H20N2O2/c1-11-3-4-12-9-13(5-6-14(12)17-11)15(18)10-16-7-8-19-2/h3-6,9,15-16,18H,7-8,10H2,1-2H3. The van der Waals surface area contributed by atoms with Gasteiger partial charge in [0, 0.05) is 31.3 Å². The monoisotopic (exact) mass is 260 g/mol. The summed E-state index contributed by atoms with van der Waals surface area (Å²) >= 11 is 0. The normalized spacial score (nSPS) is 12.8. The summed E-state index contributed by atoms with van der Waals surface area (Å²) in [6, 6.07) is 9.89. The summed E-state index contributed by atoms with van der Waals surface area (Å²) in [4.78, 5) is 4.45. The van der Waals surface area contributed by atoms with E-state index in [1.807, 2.05) is 37.3 Å². The number of aryl methyl sites for hydroxylation is 1. The highest BCUT2D eigenvalue weighted by Crippen LogP contribution is 2.19. The molecule has 4 heteroatoms. The van der Waals surface area contributed by atoms with E-state index in [-0.39, 0.29) is 0 Å². The van der Waals surface area contributed by atoms with Gasteiger partial charge in [0.25, 0.3) is 0 Å². The largest absolute Gasteiger partial charge is 0.387 e. The maximum absolute atomic E-state index is 10.1. The minimum absolute atomic E-state index is 0.512. The van der Waals surface area contributed by atoms with Gasteiger partial charge in [-0.05, 0) is 30.7 Å². The fraction of sp³-hybridized carbons (Fsp3) is 0.400. The maximum atomic E-state index is 10.1. The number of fused-ring (bicyclic) bond motifs is 1. The number of hydrogen-bond acceptors (Lipinski definition) is 4. The number of ether oxygens (including phenoxy) is 1. The van der Waals surface area contributed by atoms with Crippen LogP contribution in [0.4, 0.5) is 0 Å². The zero-order chi connectivity index (χ0) is 13.7.